The van der Waals surface area contributed by atoms with Crippen molar-refractivity contribution in [2.24, 2.45) is 0 Å². The van der Waals surface area contributed by atoms with Gasteiger partial charge in [-0.25, -0.2) is 0 Å². The zero-order valence-corrected chi connectivity index (χ0v) is 11.2. The summed E-state index contributed by atoms with van der Waals surface area (Å²) in [5.74, 6) is 0. The van der Waals surface area contributed by atoms with Crippen LogP contribution < -0.4 is 5.56 Å². The number of hydrogen-bond acceptors (Lipinski definition) is 4. The topological polar surface area (TPSA) is 57.5 Å². The van der Waals surface area contributed by atoms with Gasteiger partial charge in [-0.05, 0) is 18.6 Å². The number of pyridine rings is 1. The number of ether oxygens (including phenoxy) is 2. The Bertz CT molecular complexity index is 714. The Morgan fingerprint density at radius 3 is 2.75 bits per heavy atom. The molecule has 0 radical (unpaired) electrons. The van der Waals surface area contributed by atoms with Crippen molar-refractivity contribution >= 4 is 17.2 Å². The molecule has 1 aromatic carbocycles. The van der Waals surface area contributed by atoms with Gasteiger partial charge in [-0.2, -0.15) is 0 Å². The standard InChI is InChI=1S/C15H15NO4/c1-10-2-3-12-11(9-17)7-14(18)16(13(12)6-10)8-15-19-4-5-20-15/h2-3,6-7,9,15H,4-5,8H2,1H3. The van der Waals surface area contributed by atoms with E-state index >= 15 is 0 Å². The summed E-state index contributed by atoms with van der Waals surface area (Å²) in [4.78, 5) is 23.3. The van der Waals surface area contributed by atoms with Crippen LogP contribution in [0.2, 0.25) is 0 Å². The molecule has 0 bridgehead atoms. The lowest BCUT2D eigenvalue weighted by Gasteiger charge is -2.15. The van der Waals surface area contributed by atoms with Crippen LogP contribution in [0.4, 0.5) is 0 Å². The van der Waals surface area contributed by atoms with Crippen LogP contribution in [0.25, 0.3) is 10.9 Å². The van der Waals surface area contributed by atoms with E-state index < -0.39 is 6.29 Å². The maximum atomic E-state index is 12.2. The van der Waals surface area contributed by atoms with Gasteiger partial charge in [-0.15, -0.1) is 0 Å². The minimum atomic E-state index is -0.404. The van der Waals surface area contributed by atoms with Crippen LogP contribution >= 0.6 is 0 Å². The molecule has 0 spiro atoms. The summed E-state index contributed by atoms with van der Waals surface area (Å²) >= 11 is 0. The average Bonchev–Trinajstić information content (AvgIpc) is 2.94. The van der Waals surface area contributed by atoms with Crippen molar-refractivity contribution in [3.8, 4) is 0 Å². The van der Waals surface area contributed by atoms with Crippen molar-refractivity contribution in [2.45, 2.75) is 19.8 Å². The summed E-state index contributed by atoms with van der Waals surface area (Å²) in [6, 6.07) is 7.05. The van der Waals surface area contributed by atoms with Crippen LogP contribution in [0.3, 0.4) is 0 Å². The summed E-state index contributed by atoms with van der Waals surface area (Å²) in [5, 5.41) is 0.767. The minimum absolute atomic E-state index is 0.218. The molecule has 2 heterocycles. The van der Waals surface area contributed by atoms with Crippen LogP contribution in [0, 0.1) is 6.92 Å². The Balaban J connectivity index is 2.18. The number of carbonyl (C=O) groups is 1. The number of hydrogen-bond donors (Lipinski definition) is 0. The third kappa shape index (κ3) is 2.26. The summed E-state index contributed by atoms with van der Waals surface area (Å²) in [7, 11) is 0. The zero-order valence-electron chi connectivity index (χ0n) is 11.2. The molecule has 5 heteroatoms. The van der Waals surface area contributed by atoms with Gasteiger partial charge >= 0.3 is 0 Å². The molecular weight excluding hydrogens is 258 g/mol. The maximum Gasteiger partial charge on any atom is 0.251 e. The molecule has 0 N–H and O–H groups in total. The quantitative estimate of drug-likeness (QED) is 0.795. The fourth-order valence-electron chi connectivity index (χ4n) is 2.46. The first kappa shape index (κ1) is 13.0. The van der Waals surface area contributed by atoms with Gasteiger partial charge in [-0.1, -0.05) is 12.1 Å². The second-order valence-corrected chi connectivity index (χ2v) is 4.86. The normalized spacial score (nSPS) is 15.8. The fourth-order valence-corrected chi connectivity index (χ4v) is 2.46. The molecule has 0 amide bonds. The largest absolute Gasteiger partial charge is 0.348 e. The highest BCUT2D eigenvalue weighted by Crippen LogP contribution is 2.19. The van der Waals surface area contributed by atoms with E-state index in [1.807, 2.05) is 25.1 Å². The number of fused-ring (bicyclic) bond motifs is 1. The summed E-state index contributed by atoms with van der Waals surface area (Å²) in [6.07, 6.45) is 0.310. The van der Waals surface area contributed by atoms with Crippen molar-refractivity contribution in [3.05, 3.63) is 45.7 Å². The van der Waals surface area contributed by atoms with Crippen LogP contribution in [0.1, 0.15) is 15.9 Å². The van der Waals surface area contributed by atoms with Crippen LogP contribution in [-0.2, 0) is 16.0 Å². The number of carbonyl (C=O) groups excluding carboxylic acids is 1. The molecule has 1 saturated heterocycles. The maximum absolute atomic E-state index is 12.2. The number of aromatic nitrogens is 1. The van der Waals surface area contributed by atoms with Gasteiger partial charge in [-0.3, -0.25) is 9.59 Å². The van der Waals surface area contributed by atoms with E-state index in [1.54, 1.807) is 4.57 Å². The Kier molecular flexibility index (Phi) is 3.38. The molecule has 2 aromatic rings. The second kappa shape index (κ2) is 5.19. The SMILES string of the molecule is Cc1ccc2c(C=O)cc(=O)n(CC3OCCO3)c2c1. The molecule has 1 aromatic heterocycles. The first-order chi connectivity index (χ1) is 9.69. The molecule has 0 atom stereocenters. The Morgan fingerprint density at radius 2 is 2.05 bits per heavy atom. The molecule has 1 aliphatic heterocycles. The molecule has 0 unspecified atom stereocenters. The predicted octanol–water partition coefficient (Wildman–Crippen LogP) is 1.50. The van der Waals surface area contributed by atoms with Crippen molar-refractivity contribution in [1.29, 1.82) is 0 Å². The van der Waals surface area contributed by atoms with E-state index in [-0.39, 0.29) is 5.56 Å². The summed E-state index contributed by atoms with van der Waals surface area (Å²) in [5.41, 5.74) is 1.96. The number of aldehydes is 1. The van der Waals surface area contributed by atoms with E-state index in [4.69, 9.17) is 9.47 Å². The van der Waals surface area contributed by atoms with Crippen molar-refractivity contribution in [2.75, 3.05) is 13.2 Å². The van der Waals surface area contributed by atoms with Gasteiger partial charge in [0, 0.05) is 17.0 Å². The van der Waals surface area contributed by atoms with Crippen LogP contribution in [0.15, 0.2) is 29.1 Å². The summed E-state index contributed by atoms with van der Waals surface area (Å²) < 4.78 is 12.4. The number of rotatable bonds is 3. The van der Waals surface area contributed by atoms with E-state index in [1.165, 1.54) is 6.07 Å². The van der Waals surface area contributed by atoms with Gasteiger partial charge in [0.15, 0.2) is 12.6 Å². The molecule has 20 heavy (non-hydrogen) atoms. The third-order valence-electron chi connectivity index (χ3n) is 3.45. The molecule has 0 saturated carbocycles. The van der Waals surface area contributed by atoms with E-state index in [0.29, 0.717) is 31.6 Å². The Labute approximate surface area is 115 Å². The first-order valence-corrected chi connectivity index (χ1v) is 6.51. The summed E-state index contributed by atoms with van der Waals surface area (Å²) in [6.45, 7) is 3.37. The number of benzene rings is 1. The highest BCUT2D eigenvalue weighted by atomic mass is 16.7. The van der Waals surface area contributed by atoms with Crippen LogP contribution in [0.5, 0.6) is 0 Å². The highest BCUT2D eigenvalue weighted by Gasteiger charge is 2.19. The van der Waals surface area contributed by atoms with E-state index in [0.717, 1.165) is 16.5 Å². The van der Waals surface area contributed by atoms with Gasteiger partial charge < -0.3 is 14.0 Å². The van der Waals surface area contributed by atoms with E-state index in [9.17, 15) is 9.59 Å². The van der Waals surface area contributed by atoms with Crippen LogP contribution in [-0.4, -0.2) is 30.4 Å². The Morgan fingerprint density at radius 1 is 1.30 bits per heavy atom. The monoisotopic (exact) mass is 273 g/mol. The molecule has 1 aliphatic rings. The lowest BCUT2D eigenvalue weighted by Crippen LogP contribution is -2.27. The zero-order chi connectivity index (χ0) is 14.1. The average molecular weight is 273 g/mol. The van der Waals surface area contributed by atoms with E-state index in [2.05, 4.69) is 0 Å². The van der Waals surface area contributed by atoms with Gasteiger partial charge in [0.1, 0.15) is 0 Å². The fraction of sp³-hybridized carbons (Fsp3) is 0.333. The Hall–Kier alpha value is -1.98. The van der Waals surface area contributed by atoms with Crippen molar-refractivity contribution < 1.29 is 14.3 Å². The molecule has 104 valence electrons. The molecule has 3 rings (SSSR count). The molecule has 1 fully saturated rings. The van der Waals surface area contributed by atoms with Crippen molar-refractivity contribution in [1.82, 2.24) is 4.57 Å². The number of aryl methyl sites for hydroxylation is 1. The van der Waals surface area contributed by atoms with Gasteiger partial charge in [0.05, 0.1) is 25.3 Å². The molecular formula is C15H15NO4. The minimum Gasteiger partial charge on any atom is -0.348 e. The number of nitrogens with zero attached hydrogens (tertiary/aromatic N) is 1. The lowest BCUT2D eigenvalue weighted by molar-refractivity contribution is -0.0522. The lowest BCUT2D eigenvalue weighted by atomic mass is 10.1. The van der Waals surface area contributed by atoms with Gasteiger partial charge in [0.25, 0.3) is 5.56 Å². The van der Waals surface area contributed by atoms with Gasteiger partial charge in [0.2, 0.25) is 0 Å². The van der Waals surface area contributed by atoms with Crippen molar-refractivity contribution in [3.63, 3.8) is 0 Å². The smallest absolute Gasteiger partial charge is 0.251 e. The second-order valence-electron chi connectivity index (χ2n) is 4.86. The first-order valence-electron chi connectivity index (χ1n) is 6.51. The predicted molar refractivity (Wildman–Crippen MR) is 74.0 cm³/mol. The molecule has 0 aliphatic carbocycles. The highest BCUT2D eigenvalue weighted by molar-refractivity contribution is 5.96. The molecule has 5 nitrogen and oxygen atoms in total. The third-order valence-corrected chi connectivity index (χ3v) is 3.45.